The van der Waals surface area contributed by atoms with Crippen LogP contribution in [0.3, 0.4) is 0 Å². The Morgan fingerprint density at radius 1 is 1.42 bits per heavy atom. The summed E-state index contributed by atoms with van der Waals surface area (Å²) in [7, 11) is 1.98. The third kappa shape index (κ3) is 2.64. The van der Waals surface area contributed by atoms with Crippen molar-refractivity contribution in [3.05, 3.63) is 17.9 Å². The Balaban J connectivity index is 1.93. The predicted molar refractivity (Wildman–Crippen MR) is 73.9 cm³/mol. The minimum atomic E-state index is 0.160. The van der Waals surface area contributed by atoms with Gasteiger partial charge in [0.2, 0.25) is 11.2 Å². The van der Waals surface area contributed by atoms with Crippen molar-refractivity contribution >= 4 is 29.3 Å². The van der Waals surface area contributed by atoms with Crippen LogP contribution in [0.4, 0.5) is 5.95 Å². The predicted octanol–water partition coefficient (Wildman–Crippen LogP) is 1.05. The van der Waals surface area contributed by atoms with Gasteiger partial charge in [-0.1, -0.05) is 0 Å². The Kier molecular flexibility index (Phi) is 3.52. The zero-order valence-corrected chi connectivity index (χ0v) is 11.8. The van der Waals surface area contributed by atoms with Crippen LogP contribution in [0.1, 0.15) is 6.42 Å². The summed E-state index contributed by atoms with van der Waals surface area (Å²) in [6.07, 6.45) is 4.08. The molecule has 2 aromatic heterocycles. The van der Waals surface area contributed by atoms with Crippen LogP contribution in [0.25, 0.3) is 5.95 Å². The number of aromatic nitrogens is 6. The fourth-order valence-corrected chi connectivity index (χ4v) is 3.31. The molecule has 0 aromatic carbocycles. The molecule has 1 unspecified atom stereocenters. The lowest BCUT2D eigenvalue weighted by molar-refractivity contribution is 0.672. The first-order valence-corrected chi connectivity index (χ1v) is 7.34. The van der Waals surface area contributed by atoms with Crippen LogP contribution in [0.15, 0.2) is 12.7 Å². The van der Waals surface area contributed by atoms with Crippen LogP contribution in [-0.2, 0) is 0 Å². The second-order valence-electron chi connectivity index (χ2n) is 4.17. The highest BCUT2D eigenvalue weighted by Gasteiger charge is 2.23. The summed E-state index contributed by atoms with van der Waals surface area (Å²) in [5.41, 5.74) is 0. The molecule has 1 saturated heterocycles. The van der Waals surface area contributed by atoms with Crippen LogP contribution < -0.4 is 4.90 Å². The molecule has 0 bridgehead atoms. The topological polar surface area (TPSA) is 72.6 Å². The van der Waals surface area contributed by atoms with Gasteiger partial charge in [-0.2, -0.15) is 36.5 Å². The maximum Gasteiger partial charge on any atom is 0.258 e. The average molecular weight is 298 g/mol. The number of hydrogen-bond donors (Lipinski definition) is 0. The van der Waals surface area contributed by atoms with Gasteiger partial charge in [-0.25, -0.2) is 4.98 Å². The molecule has 19 heavy (non-hydrogen) atoms. The Morgan fingerprint density at radius 3 is 3.00 bits per heavy atom. The first kappa shape index (κ1) is 12.6. The van der Waals surface area contributed by atoms with E-state index in [0.717, 1.165) is 12.2 Å². The van der Waals surface area contributed by atoms with E-state index in [1.807, 2.05) is 23.7 Å². The molecular weight excluding hydrogens is 286 g/mol. The van der Waals surface area contributed by atoms with E-state index in [9.17, 15) is 0 Å². The van der Waals surface area contributed by atoms with Crippen molar-refractivity contribution in [3.63, 3.8) is 0 Å². The lowest BCUT2D eigenvalue weighted by Gasteiger charge is -2.23. The monoisotopic (exact) mass is 297 g/mol. The lowest BCUT2D eigenvalue weighted by atomic mass is 10.2. The zero-order valence-electron chi connectivity index (χ0n) is 10.3. The molecule has 100 valence electrons. The van der Waals surface area contributed by atoms with Crippen LogP contribution in [0, 0.1) is 0 Å². The van der Waals surface area contributed by atoms with Gasteiger partial charge in [-0.3, -0.25) is 0 Å². The van der Waals surface area contributed by atoms with Crippen molar-refractivity contribution in [1.29, 1.82) is 0 Å². The summed E-state index contributed by atoms with van der Waals surface area (Å²) in [5.74, 6) is 3.20. The number of anilines is 1. The molecule has 1 aliphatic heterocycles. The quantitative estimate of drug-likeness (QED) is 0.838. The van der Waals surface area contributed by atoms with Crippen molar-refractivity contribution in [3.8, 4) is 5.95 Å². The first-order chi connectivity index (χ1) is 9.24. The van der Waals surface area contributed by atoms with E-state index in [2.05, 4.69) is 25.0 Å². The highest BCUT2D eigenvalue weighted by atomic mass is 35.5. The molecule has 9 heteroatoms. The van der Waals surface area contributed by atoms with E-state index in [4.69, 9.17) is 11.6 Å². The van der Waals surface area contributed by atoms with Crippen molar-refractivity contribution in [2.45, 2.75) is 12.5 Å². The third-order valence-corrected chi connectivity index (χ3v) is 4.29. The largest absolute Gasteiger partial charge is 0.340 e. The average Bonchev–Trinajstić information content (AvgIpc) is 3.10. The number of halogens is 1. The number of rotatable bonds is 3. The second-order valence-corrected chi connectivity index (χ2v) is 5.66. The number of thioether (sulfide) groups is 1. The Hall–Kier alpha value is -1.41. The molecule has 0 spiro atoms. The molecule has 0 amide bonds. The van der Waals surface area contributed by atoms with Gasteiger partial charge >= 0.3 is 0 Å². The fraction of sp³-hybridized carbons (Fsp3) is 0.500. The zero-order chi connectivity index (χ0) is 13.2. The highest BCUT2D eigenvalue weighted by Crippen LogP contribution is 2.24. The van der Waals surface area contributed by atoms with Crippen LogP contribution in [0.2, 0.25) is 5.28 Å². The highest BCUT2D eigenvalue weighted by molar-refractivity contribution is 7.99. The van der Waals surface area contributed by atoms with E-state index in [1.165, 1.54) is 23.1 Å². The maximum absolute atomic E-state index is 5.96. The SMILES string of the molecule is CN(c1nc(Cl)nc(-n2cncn2)n1)C1CCSC1. The molecular formula is C10H12ClN7S. The smallest absolute Gasteiger partial charge is 0.258 e. The summed E-state index contributed by atoms with van der Waals surface area (Å²) < 4.78 is 1.47. The summed E-state index contributed by atoms with van der Waals surface area (Å²) in [5, 5.41) is 4.16. The van der Waals surface area contributed by atoms with Gasteiger partial charge in [0.1, 0.15) is 12.7 Å². The maximum atomic E-state index is 5.96. The molecule has 0 N–H and O–H groups in total. The van der Waals surface area contributed by atoms with Crippen molar-refractivity contribution in [1.82, 2.24) is 29.7 Å². The third-order valence-electron chi connectivity index (χ3n) is 2.98. The summed E-state index contributed by atoms with van der Waals surface area (Å²) in [6.45, 7) is 0. The molecule has 1 atom stereocenters. The number of hydrogen-bond acceptors (Lipinski definition) is 7. The van der Waals surface area contributed by atoms with Gasteiger partial charge in [-0.15, -0.1) is 0 Å². The molecule has 2 aromatic rings. The second kappa shape index (κ2) is 5.30. The van der Waals surface area contributed by atoms with Crippen LogP contribution in [-0.4, -0.2) is 54.3 Å². The molecule has 1 aliphatic rings. The molecule has 3 rings (SSSR count). The van der Waals surface area contributed by atoms with Crippen LogP contribution >= 0.6 is 23.4 Å². The molecule has 0 aliphatic carbocycles. The van der Waals surface area contributed by atoms with E-state index in [0.29, 0.717) is 17.9 Å². The van der Waals surface area contributed by atoms with E-state index in [-0.39, 0.29) is 5.28 Å². The number of nitrogens with zero attached hydrogens (tertiary/aromatic N) is 7. The Morgan fingerprint density at radius 2 is 2.32 bits per heavy atom. The summed E-state index contributed by atoms with van der Waals surface area (Å²) >= 11 is 7.90. The first-order valence-electron chi connectivity index (χ1n) is 5.81. The Bertz CT molecular complexity index is 555. The van der Waals surface area contributed by atoms with Gasteiger partial charge in [-0.05, 0) is 23.8 Å². The molecule has 3 heterocycles. The molecule has 1 fully saturated rings. The summed E-state index contributed by atoms with van der Waals surface area (Å²) in [6, 6.07) is 0.437. The van der Waals surface area contributed by atoms with Gasteiger partial charge in [0.05, 0.1) is 0 Å². The van der Waals surface area contributed by atoms with Crippen molar-refractivity contribution in [2.24, 2.45) is 0 Å². The van der Waals surface area contributed by atoms with Crippen LogP contribution in [0.5, 0.6) is 0 Å². The van der Waals surface area contributed by atoms with E-state index >= 15 is 0 Å². The van der Waals surface area contributed by atoms with E-state index in [1.54, 1.807) is 0 Å². The Labute approximate surface area is 119 Å². The lowest BCUT2D eigenvalue weighted by Crippen LogP contribution is -2.33. The standard InChI is InChI=1S/C10H12ClN7S/c1-17(7-2-3-19-4-7)9-14-8(11)15-10(16-9)18-6-12-5-13-18/h5-7H,2-4H2,1H3. The normalized spacial score (nSPS) is 18.7. The van der Waals surface area contributed by atoms with Crippen molar-refractivity contribution in [2.75, 3.05) is 23.5 Å². The minimum absolute atomic E-state index is 0.160. The van der Waals surface area contributed by atoms with Gasteiger partial charge in [0.15, 0.2) is 0 Å². The fourth-order valence-electron chi connectivity index (χ4n) is 1.89. The van der Waals surface area contributed by atoms with Crippen molar-refractivity contribution < 1.29 is 0 Å². The molecule has 0 saturated carbocycles. The molecule has 7 nitrogen and oxygen atoms in total. The summed E-state index contributed by atoms with van der Waals surface area (Å²) in [4.78, 5) is 18.6. The van der Waals surface area contributed by atoms with Gasteiger partial charge in [0, 0.05) is 18.8 Å². The minimum Gasteiger partial charge on any atom is -0.340 e. The van der Waals surface area contributed by atoms with Gasteiger partial charge in [0.25, 0.3) is 5.95 Å². The van der Waals surface area contributed by atoms with E-state index < -0.39 is 0 Å². The van der Waals surface area contributed by atoms with Gasteiger partial charge < -0.3 is 4.90 Å². The molecule has 0 radical (unpaired) electrons.